The van der Waals surface area contributed by atoms with Crippen LogP contribution in [0.5, 0.6) is 0 Å². The predicted molar refractivity (Wildman–Crippen MR) is 122 cm³/mol. The van der Waals surface area contributed by atoms with Crippen molar-refractivity contribution in [1.29, 1.82) is 0 Å². The van der Waals surface area contributed by atoms with Crippen molar-refractivity contribution in [2.75, 3.05) is 0 Å². The summed E-state index contributed by atoms with van der Waals surface area (Å²) in [6.07, 6.45) is 21.3. The van der Waals surface area contributed by atoms with Gasteiger partial charge in [0, 0.05) is 0 Å². The highest BCUT2D eigenvalue weighted by molar-refractivity contribution is 5.09. The topological polar surface area (TPSA) is 0 Å². The van der Waals surface area contributed by atoms with E-state index in [2.05, 4.69) is 34.6 Å². The van der Waals surface area contributed by atoms with Crippen molar-refractivity contribution in [3.63, 3.8) is 0 Å². The predicted octanol–water partition coefficient (Wildman–Crippen LogP) is 8.89. The van der Waals surface area contributed by atoms with E-state index in [9.17, 15) is 0 Å². The van der Waals surface area contributed by atoms with E-state index < -0.39 is 0 Å². The highest BCUT2D eigenvalue weighted by Gasteiger charge is 2.59. The largest absolute Gasteiger partial charge is 0.0651 e. The summed E-state index contributed by atoms with van der Waals surface area (Å²) in [5.74, 6) is 7.20. The molecule has 0 aliphatic heterocycles. The average Bonchev–Trinajstić information content (AvgIpc) is 3.04. The highest BCUT2D eigenvalue weighted by Crippen LogP contribution is 2.68. The third-order valence-corrected chi connectivity index (χ3v) is 11.4. The molecule has 4 rings (SSSR count). The molecule has 0 aromatic carbocycles. The lowest BCUT2D eigenvalue weighted by atomic mass is 9.44. The quantitative estimate of drug-likeness (QED) is 0.427. The molecule has 0 bridgehead atoms. The van der Waals surface area contributed by atoms with Gasteiger partial charge in [-0.3, -0.25) is 0 Å². The maximum absolute atomic E-state index is 2.76. The van der Waals surface area contributed by atoms with Crippen molar-refractivity contribution >= 4 is 0 Å². The molecule has 0 spiro atoms. The Hall–Kier alpha value is 0. The Bertz CT molecular complexity index is 522. The van der Waals surface area contributed by atoms with Crippen LogP contribution in [0.15, 0.2) is 0 Å². The van der Waals surface area contributed by atoms with Gasteiger partial charge in [-0.15, -0.1) is 0 Å². The zero-order valence-corrected chi connectivity index (χ0v) is 19.9. The molecule has 162 valence electrons. The second kappa shape index (κ2) is 8.26. The zero-order chi connectivity index (χ0) is 19.9. The summed E-state index contributed by atoms with van der Waals surface area (Å²) in [4.78, 5) is 0. The van der Waals surface area contributed by atoms with Crippen LogP contribution in [-0.2, 0) is 0 Å². The molecule has 28 heavy (non-hydrogen) atoms. The van der Waals surface area contributed by atoms with Gasteiger partial charge >= 0.3 is 0 Å². The molecule has 0 aromatic rings. The molecule has 0 nitrogen and oxygen atoms in total. The Morgan fingerprint density at radius 3 is 2.36 bits per heavy atom. The second-order valence-corrected chi connectivity index (χ2v) is 12.6. The molecule has 3 unspecified atom stereocenters. The van der Waals surface area contributed by atoms with Crippen molar-refractivity contribution in [1.82, 2.24) is 0 Å². The standard InChI is InChI=1S/C28H50/c1-6-20(2)10-9-11-21(3)24-15-16-25-23-14-13-22-12-7-8-18-27(22,4)26(23)17-19-28(24,25)5/h20-26H,6-19H2,1-5H3/t20?,21?,22?,23-,24+,25-,26-,27-,28+/m0/s1. The normalized spacial score (nSPS) is 47.7. The maximum Gasteiger partial charge on any atom is -0.0264 e. The molecule has 0 radical (unpaired) electrons. The van der Waals surface area contributed by atoms with Crippen LogP contribution in [-0.4, -0.2) is 0 Å². The lowest BCUT2D eigenvalue weighted by Gasteiger charge is -2.61. The van der Waals surface area contributed by atoms with Crippen LogP contribution in [0, 0.1) is 52.3 Å². The molecule has 4 fully saturated rings. The van der Waals surface area contributed by atoms with E-state index in [1.807, 2.05) is 0 Å². The van der Waals surface area contributed by atoms with Crippen molar-refractivity contribution < 1.29 is 0 Å². The first kappa shape index (κ1) is 21.2. The number of rotatable bonds is 6. The molecule has 0 heterocycles. The highest BCUT2D eigenvalue weighted by atomic mass is 14.6. The van der Waals surface area contributed by atoms with Gasteiger partial charge in [-0.25, -0.2) is 0 Å². The molecule has 4 aliphatic carbocycles. The molecule has 0 heteroatoms. The SMILES string of the molecule is CCC(C)CCCC(C)[C@H]1CC[C@H]2[C@@H]3CCC4CCCC[C@]4(C)[C@H]3CC[C@]12C. The Kier molecular flexibility index (Phi) is 6.27. The molecule has 0 saturated heterocycles. The fourth-order valence-electron chi connectivity index (χ4n) is 9.46. The van der Waals surface area contributed by atoms with E-state index in [1.54, 1.807) is 51.4 Å². The summed E-state index contributed by atoms with van der Waals surface area (Å²) in [6, 6.07) is 0. The number of fused-ring (bicyclic) bond motifs is 5. The molecule has 9 atom stereocenters. The van der Waals surface area contributed by atoms with Gasteiger partial charge in [-0.1, -0.05) is 73.1 Å². The monoisotopic (exact) mass is 386 g/mol. The molecule has 4 saturated carbocycles. The Balaban J connectivity index is 1.43. The van der Waals surface area contributed by atoms with Crippen LogP contribution < -0.4 is 0 Å². The van der Waals surface area contributed by atoms with Gasteiger partial charge in [-0.05, 0) is 104 Å². The van der Waals surface area contributed by atoms with Crippen LogP contribution in [0.1, 0.15) is 125 Å². The second-order valence-electron chi connectivity index (χ2n) is 12.6. The van der Waals surface area contributed by atoms with Gasteiger partial charge in [0.15, 0.2) is 0 Å². The minimum atomic E-state index is 0.675. The molecular weight excluding hydrogens is 336 g/mol. The van der Waals surface area contributed by atoms with E-state index in [4.69, 9.17) is 0 Å². The number of hydrogen-bond acceptors (Lipinski definition) is 0. The first-order valence-corrected chi connectivity index (χ1v) is 13.4. The summed E-state index contributed by atoms with van der Waals surface area (Å²) in [6.45, 7) is 12.9. The van der Waals surface area contributed by atoms with Crippen LogP contribution in [0.2, 0.25) is 0 Å². The van der Waals surface area contributed by atoms with Crippen molar-refractivity contribution in [3.8, 4) is 0 Å². The van der Waals surface area contributed by atoms with Gasteiger partial charge in [-0.2, -0.15) is 0 Å². The van der Waals surface area contributed by atoms with E-state index in [0.717, 1.165) is 41.4 Å². The van der Waals surface area contributed by atoms with Gasteiger partial charge in [0.1, 0.15) is 0 Å². The average molecular weight is 387 g/mol. The maximum atomic E-state index is 2.76. The first-order valence-electron chi connectivity index (χ1n) is 13.4. The molecule has 0 amide bonds. The fraction of sp³-hybridized carbons (Fsp3) is 1.00. The van der Waals surface area contributed by atoms with E-state index in [0.29, 0.717) is 10.8 Å². The first-order chi connectivity index (χ1) is 13.4. The molecule has 4 aliphatic rings. The van der Waals surface area contributed by atoms with Crippen molar-refractivity contribution in [2.24, 2.45) is 52.3 Å². The van der Waals surface area contributed by atoms with Gasteiger partial charge in [0.05, 0.1) is 0 Å². The lowest BCUT2D eigenvalue weighted by molar-refractivity contribution is -0.114. The van der Waals surface area contributed by atoms with Gasteiger partial charge in [0.2, 0.25) is 0 Å². The summed E-state index contributed by atoms with van der Waals surface area (Å²) < 4.78 is 0. The minimum absolute atomic E-state index is 0.675. The molecular formula is C28H50. The van der Waals surface area contributed by atoms with E-state index in [-0.39, 0.29) is 0 Å². The Morgan fingerprint density at radius 1 is 0.786 bits per heavy atom. The smallest absolute Gasteiger partial charge is 0.0264 e. The van der Waals surface area contributed by atoms with Crippen LogP contribution in [0.3, 0.4) is 0 Å². The Labute approximate surface area is 177 Å². The zero-order valence-electron chi connectivity index (χ0n) is 19.9. The van der Waals surface area contributed by atoms with Gasteiger partial charge in [0.25, 0.3) is 0 Å². The molecule has 0 N–H and O–H groups in total. The lowest BCUT2D eigenvalue weighted by Crippen LogP contribution is -2.53. The fourth-order valence-corrected chi connectivity index (χ4v) is 9.46. The van der Waals surface area contributed by atoms with Crippen molar-refractivity contribution in [3.05, 3.63) is 0 Å². The minimum Gasteiger partial charge on any atom is -0.0651 e. The third-order valence-electron chi connectivity index (χ3n) is 11.4. The van der Waals surface area contributed by atoms with Crippen LogP contribution in [0.25, 0.3) is 0 Å². The summed E-state index contributed by atoms with van der Waals surface area (Å²) in [7, 11) is 0. The van der Waals surface area contributed by atoms with E-state index >= 15 is 0 Å². The summed E-state index contributed by atoms with van der Waals surface area (Å²) in [5, 5.41) is 0. The number of hydrogen-bond donors (Lipinski definition) is 0. The summed E-state index contributed by atoms with van der Waals surface area (Å²) in [5.41, 5.74) is 1.39. The van der Waals surface area contributed by atoms with Crippen molar-refractivity contribution in [2.45, 2.75) is 125 Å². The summed E-state index contributed by atoms with van der Waals surface area (Å²) >= 11 is 0. The van der Waals surface area contributed by atoms with Crippen LogP contribution >= 0.6 is 0 Å². The van der Waals surface area contributed by atoms with E-state index in [1.165, 1.54) is 38.5 Å². The molecule has 0 aromatic heterocycles. The Morgan fingerprint density at radius 2 is 1.57 bits per heavy atom. The van der Waals surface area contributed by atoms with Gasteiger partial charge < -0.3 is 0 Å². The third kappa shape index (κ3) is 3.51. The van der Waals surface area contributed by atoms with Crippen LogP contribution in [0.4, 0.5) is 0 Å².